The Bertz CT molecular complexity index is 897. The zero-order chi connectivity index (χ0) is 22.3. The minimum absolute atomic E-state index is 0.349. The Morgan fingerprint density at radius 3 is 1.03 bits per heavy atom. The lowest BCUT2D eigenvalue weighted by Crippen LogP contribution is -2.23. The zero-order valence-electron chi connectivity index (χ0n) is 17.2. The average Bonchev–Trinajstić information content (AvgIpc) is 2.68. The summed E-state index contributed by atoms with van der Waals surface area (Å²) < 4.78 is 0. The van der Waals surface area contributed by atoms with Crippen LogP contribution in [0.3, 0.4) is 0 Å². The number of hydrogen-bond donors (Lipinski definition) is 0. The smallest absolute Gasteiger partial charge is 0.187 e. The topological polar surface area (TPSA) is 118 Å². The van der Waals surface area contributed by atoms with Gasteiger partial charge < -0.3 is 0 Å². The van der Waals surface area contributed by atoms with E-state index in [0.717, 1.165) is 11.1 Å². The molecule has 0 amide bonds. The predicted octanol–water partition coefficient (Wildman–Crippen LogP) is 4.61. The van der Waals surface area contributed by atoms with E-state index in [1.165, 1.54) is 27.7 Å². The fourth-order valence-corrected chi connectivity index (χ4v) is 2.59. The van der Waals surface area contributed by atoms with Crippen molar-refractivity contribution in [1.29, 1.82) is 0 Å². The van der Waals surface area contributed by atoms with E-state index in [-0.39, 0.29) is 23.1 Å². The van der Waals surface area contributed by atoms with E-state index < -0.39 is 12.1 Å². The Balaban J connectivity index is 2.12. The maximum Gasteiger partial charge on any atom is 0.187 e. The van der Waals surface area contributed by atoms with Crippen molar-refractivity contribution in [3.63, 3.8) is 0 Å². The summed E-state index contributed by atoms with van der Waals surface area (Å²) in [5.74, 6) is -1.40. The second-order valence-corrected chi connectivity index (χ2v) is 6.77. The number of hydrogen-bond acceptors (Lipinski definition) is 8. The van der Waals surface area contributed by atoms with Crippen molar-refractivity contribution in [3.8, 4) is 11.1 Å². The number of nitrogens with zero attached hydrogens (tertiary/aromatic N) is 4. The largest absolute Gasteiger partial charge is 0.297 e. The number of ketones is 4. The molecule has 0 fully saturated rings. The first-order valence-electron chi connectivity index (χ1n) is 9.23. The Hall–Kier alpha value is -3.68. The van der Waals surface area contributed by atoms with Crippen molar-refractivity contribution in [1.82, 2.24) is 0 Å². The zero-order valence-corrected chi connectivity index (χ0v) is 17.2. The van der Waals surface area contributed by atoms with Gasteiger partial charge in [0.1, 0.15) is 0 Å². The molecule has 8 nitrogen and oxygen atoms in total. The van der Waals surface area contributed by atoms with E-state index >= 15 is 0 Å². The SMILES string of the molecule is CC(=O)C(N=Nc1ccc(-c2ccc(N=NC(C(C)=O)C(C)=O)cc2)cc1)C(C)=O. The standard InChI is InChI=1S/C22H22N4O4/c1-13(27)21(14(2)28)25-23-19-9-5-17(6-10-19)18-7-11-20(12-8-18)24-26-22(15(3)29)16(4)30/h5-12,21-22H,1-4H3. The third-order valence-electron chi connectivity index (χ3n) is 4.19. The van der Waals surface area contributed by atoms with Crippen LogP contribution in [-0.4, -0.2) is 35.2 Å². The van der Waals surface area contributed by atoms with Crippen LogP contribution in [0.15, 0.2) is 69.0 Å². The molecule has 2 aromatic rings. The molecule has 0 N–H and O–H groups in total. The summed E-state index contributed by atoms with van der Waals surface area (Å²) in [6, 6.07) is 12.1. The van der Waals surface area contributed by atoms with Gasteiger partial charge in [-0.3, -0.25) is 19.2 Å². The molecule has 0 saturated heterocycles. The van der Waals surface area contributed by atoms with Crippen LogP contribution < -0.4 is 0 Å². The van der Waals surface area contributed by atoms with Crippen molar-refractivity contribution in [2.75, 3.05) is 0 Å². The van der Waals surface area contributed by atoms with Crippen LogP contribution in [0.25, 0.3) is 11.1 Å². The first-order chi connectivity index (χ1) is 14.2. The molecule has 0 aliphatic carbocycles. The molecule has 0 spiro atoms. The fraction of sp³-hybridized carbons (Fsp3) is 0.273. The lowest BCUT2D eigenvalue weighted by molar-refractivity contribution is -0.128. The van der Waals surface area contributed by atoms with Gasteiger partial charge in [-0.2, -0.15) is 20.5 Å². The van der Waals surface area contributed by atoms with Crippen molar-refractivity contribution in [3.05, 3.63) is 48.5 Å². The highest BCUT2D eigenvalue weighted by Crippen LogP contribution is 2.25. The second-order valence-electron chi connectivity index (χ2n) is 6.77. The maximum absolute atomic E-state index is 11.4. The molecule has 0 radical (unpaired) electrons. The van der Waals surface area contributed by atoms with Gasteiger partial charge >= 0.3 is 0 Å². The molecule has 8 heteroatoms. The monoisotopic (exact) mass is 406 g/mol. The van der Waals surface area contributed by atoms with E-state index in [9.17, 15) is 19.2 Å². The maximum atomic E-state index is 11.4. The van der Waals surface area contributed by atoms with E-state index in [1.807, 2.05) is 24.3 Å². The van der Waals surface area contributed by atoms with Crippen LogP contribution in [0.1, 0.15) is 27.7 Å². The molecule has 0 bridgehead atoms. The summed E-state index contributed by atoms with van der Waals surface area (Å²) >= 11 is 0. The summed E-state index contributed by atoms with van der Waals surface area (Å²) in [7, 11) is 0. The quantitative estimate of drug-likeness (QED) is 0.446. The molecule has 154 valence electrons. The Morgan fingerprint density at radius 2 is 0.800 bits per heavy atom. The molecule has 2 aromatic carbocycles. The highest BCUT2D eigenvalue weighted by molar-refractivity contribution is 6.04. The summed E-state index contributed by atoms with van der Waals surface area (Å²) in [5, 5.41) is 15.6. The summed E-state index contributed by atoms with van der Waals surface area (Å²) in [6.07, 6.45) is 0. The van der Waals surface area contributed by atoms with Crippen LogP contribution in [0, 0.1) is 0 Å². The van der Waals surface area contributed by atoms with Crippen LogP contribution >= 0.6 is 0 Å². The van der Waals surface area contributed by atoms with Crippen LogP contribution in [-0.2, 0) is 19.2 Å². The van der Waals surface area contributed by atoms with E-state index in [1.54, 1.807) is 24.3 Å². The molecule has 0 atom stereocenters. The van der Waals surface area contributed by atoms with Gasteiger partial charge in [-0.05, 0) is 63.1 Å². The van der Waals surface area contributed by atoms with Crippen molar-refractivity contribution < 1.29 is 19.2 Å². The fourth-order valence-electron chi connectivity index (χ4n) is 2.59. The molecular formula is C22H22N4O4. The molecule has 0 aromatic heterocycles. The van der Waals surface area contributed by atoms with E-state index in [4.69, 9.17) is 0 Å². The highest BCUT2D eigenvalue weighted by Gasteiger charge is 2.19. The lowest BCUT2D eigenvalue weighted by atomic mass is 10.1. The normalized spacial score (nSPS) is 11.5. The molecule has 0 aliphatic rings. The van der Waals surface area contributed by atoms with Gasteiger partial charge in [0, 0.05) is 0 Å². The third kappa shape index (κ3) is 6.16. The number of Topliss-reactive ketones (excluding diaryl/α,β-unsaturated/α-hetero) is 4. The molecule has 0 unspecified atom stereocenters. The van der Waals surface area contributed by atoms with Crippen LogP contribution in [0.2, 0.25) is 0 Å². The van der Waals surface area contributed by atoms with Crippen molar-refractivity contribution >= 4 is 34.5 Å². The van der Waals surface area contributed by atoms with Gasteiger partial charge in [-0.1, -0.05) is 24.3 Å². The first-order valence-corrected chi connectivity index (χ1v) is 9.23. The number of rotatable bonds is 9. The molecule has 0 aliphatic heterocycles. The number of azo groups is 2. The highest BCUT2D eigenvalue weighted by atomic mass is 16.2. The number of benzene rings is 2. The molecule has 0 saturated carbocycles. The Morgan fingerprint density at radius 1 is 0.533 bits per heavy atom. The average molecular weight is 406 g/mol. The molecule has 2 rings (SSSR count). The molecule has 0 heterocycles. The van der Waals surface area contributed by atoms with Gasteiger partial charge in [0.2, 0.25) is 0 Å². The Kier molecular flexibility index (Phi) is 7.69. The number of carbonyl (C=O) groups excluding carboxylic acids is 4. The minimum atomic E-state index is -1.07. The van der Waals surface area contributed by atoms with Crippen LogP contribution in [0.4, 0.5) is 11.4 Å². The predicted molar refractivity (Wildman–Crippen MR) is 111 cm³/mol. The van der Waals surface area contributed by atoms with Crippen molar-refractivity contribution in [2.24, 2.45) is 20.5 Å². The van der Waals surface area contributed by atoms with Crippen molar-refractivity contribution in [2.45, 2.75) is 39.8 Å². The Labute approximate surface area is 174 Å². The lowest BCUT2D eigenvalue weighted by Gasteiger charge is -2.04. The van der Waals surface area contributed by atoms with Gasteiger partial charge in [0.25, 0.3) is 0 Å². The first kappa shape index (κ1) is 22.6. The summed E-state index contributed by atoms with van der Waals surface area (Å²) in [5.41, 5.74) is 2.88. The third-order valence-corrected chi connectivity index (χ3v) is 4.19. The molecule has 30 heavy (non-hydrogen) atoms. The summed E-state index contributed by atoms with van der Waals surface area (Å²) in [6.45, 7) is 5.21. The summed E-state index contributed by atoms with van der Waals surface area (Å²) in [4.78, 5) is 45.6. The second kappa shape index (κ2) is 10.2. The van der Waals surface area contributed by atoms with Gasteiger partial charge in [0.05, 0.1) is 11.4 Å². The van der Waals surface area contributed by atoms with E-state index in [2.05, 4.69) is 20.5 Å². The molecular weight excluding hydrogens is 384 g/mol. The minimum Gasteiger partial charge on any atom is -0.297 e. The van der Waals surface area contributed by atoms with Gasteiger partial charge in [-0.25, -0.2) is 0 Å². The van der Waals surface area contributed by atoms with E-state index in [0.29, 0.717) is 11.4 Å². The van der Waals surface area contributed by atoms with Gasteiger partial charge in [0.15, 0.2) is 35.2 Å². The number of carbonyl (C=O) groups is 4. The van der Waals surface area contributed by atoms with Gasteiger partial charge in [-0.15, -0.1) is 0 Å². The van der Waals surface area contributed by atoms with Crippen LogP contribution in [0.5, 0.6) is 0 Å².